The van der Waals surface area contributed by atoms with E-state index < -0.39 is 8.32 Å². The van der Waals surface area contributed by atoms with Crippen LogP contribution in [-0.2, 0) is 4.43 Å². The monoisotopic (exact) mass is 158 g/mol. The highest BCUT2D eigenvalue weighted by molar-refractivity contribution is 6.69. The average molecular weight is 158 g/mol. The molecule has 0 atom stereocenters. The number of hydrogen-bond acceptors (Lipinski definition) is 1. The van der Waals surface area contributed by atoms with Gasteiger partial charge in [0.2, 0.25) is 0 Å². The van der Waals surface area contributed by atoms with Crippen molar-refractivity contribution in [2.45, 2.75) is 39.1 Å². The Bertz CT molecular complexity index is 122. The van der Waals surface area contributed by atoms with Crippen LogP contribution < -0.4 is 0 Å². The van der Waals surface area contributed by atoms with Crippen LogP contribution in [0, 0.1) is 0 Å². The molecule has 0 aliphatic heterocycles. The van der Waals surface area contributed by atoms with Crippen molar-refractivity contribution in [2.24, 2.45) is 0 Å². The highest BCUT2D eigenvalue weighted by atomic mass is 28.4. The van der Waals surface area contributed by atoms with Crippen molar-refractivity contribution in [3.8, 4) is 0 Å². The Balaban J connectivity index is 4.01. The van der Waals surface area contributed by atoms with Crippen LogP contribution in [0.1, 0.15) is 13.8 Å². The van der Waals surface area contributed by atoms with Crippen LogP contribution in [-0.4, -0.2) is 13.9 Å². The second-order valence-electron chi connectivity index (χ2n) is 4.02. The predicted molar refractivity (Wildman–Crippen MR) is 48.7 cm³/mol. The third-order valence-corrected chi connectivity index (χ3v) is 2.20. The molecule has 0 radical (unpaired) electrons. The largest absolute Gasteiger partial charge is 0.409 e. The fraction of sp³-hybridized carbons (Fsp3) is 0.750. The summed E-state index contributed by atoms with van der Waals surface area (Å²) < 4.78 is 5.80. The van der Waals surface area contributed by atoms with E-state index in [1.54, 1.807) is 0 Å². The van der Waals surface area contributed by atoms with Crippen LogP contribution in [0.4, 0.5) is 0 Å². The maximum atomic E-state index is 5.80. The Morgan fingerprint density at radius 2 is 1.70 bits per heavy atom. The molecule has 2 heteroatoms. The molecule has 0 spiro atoms. The molecule has 0 fully saturated rings. The smallest absolute Gasteiger partial charge is 0.184 e. The molecule has 0 aromatic rings. The van der Waals surface area contributed by atoms with Gasteiger partial charge in [0.25, 0.3) is 0 Å². The molecular weight excluding hydrogens is 140 g/mol. The SMILES string of the molecule is C=CC(C)(C)O[Si](C)(C)C. The lowest BCUT2D eigenvalue weighted by molar-refractivity contribution is 0.154. The Morgan fingerprint density at radius 1 is 1.30 bits per heavy atom. The maximum absolute atomic E-state index is 5.80. The minimum Gasteiger partial charge on any atom is -0.409 e. The lowest BCUT2D eigenvalue weighted by Gasteiger charge is -2.29. The predicted octanol–water partition coefficient (Wildman–Crippen LogP) is 2.80. The Hall–Kier alpha value is -0.0831. The van der Waals surface area contributed by atoms with Gasteiger partial charge >= 0.3 is 0 Å². The van der Waals surface area contributed by atoms with Gasteiger partial charge in [-0.05, 0) is 33.5 Å². The first-order chi connectivity index (χ1) is 4.27. The molecule has 0 aliphatic rings. The molecule has 0 amide bonds. The molecule has 0 heterocycles. The summed E-state index contributed by atoms with van der Waals surface area (Å²) in [6, 6.07) is 0. The van der Waals surface area contributed by atoms with Crippen molar-refractivity contribution in [1.82, 2.24) is 0 Å². The van der Waals surface area contributed by atoms with E-state index in [-0.39, 0.29) is 5.60 Å². The first-order valence-electron chi connectivity index (χ1n) is 3.61. The number of rotatable bonds is 3. The van der Waals surface area contributed by atoms with E-state index in [2.05, 4.69) is 26.2 Å². The van der Waals surface area contributed by atoms with Gasteiger partial charge in [0.1, 0.15) is 0 Å². The van der Waals surface area contributed by atoms with Crippen LogP contribution in [0.3, 0.4) is 0 Å². The standard InChI is InChI=1S/C8H18OSi/c1-7-8(2,3)9-10(4,5)6/h7H,1H2,2-6H3. The van der Waals surface area contributed by atoms with Crippen LogP contribution in [0.25, 0.3) is 0 Å². The van der Waals surface area contributed by atoms with Gasteiger partial charge in [0.15, 0.2) is 8.32 Å². The third-order valence-electron chi connectivity index (χ3n) is 1.06. The Labute approximate surface area is 65.2 Å². The molecular formula is C8H18OSi. The molecule has 0 saturated carbocycles. The molecule has 0 aliphatic carbocycles. The van der Waals surface area contributed by atoms with E-state index in [0.717, 1.165) is 0 Å². The van der Waals surface area contributed by atoms with E-state index in [4.69, 9.17) is 4.43 Å². The van der Waals surface area contributed by atoms with Crippen molar-refractivity contribution >= 4 is 8.32 Å². The fourth-order valence-corrected chi connectivity index (χ4v) is 2.49. The van der Waals surface area contributed by atoms with Crippen molar-refractivity contribution in [3.63, 3.8) is 0 Å². The van der Waals surface area contributed by atoms with Gasteiger partial charge in [-0.25, -0.2) is 0 Å². The first-order valence-corrected chi connectivity index (χ1v) is 7.01. The zero-order valence-corrected chi connectivity index (χ0v) is 8.69. The van der Waals surface area contributed by atoms with Gasteiger partial charge < -0.3 is 4.43 Å². The van der Waals surface area contributed by atoms with Crippen molar-refractivity contribution < 1.29 is 4.43 Å². The Morgan fingerprint density at radius 3 is 1.80 bits per heavy atom. The van der Waals surface area contributed by atoms with E-state index in [9.17, 15) is 0 Å². The lowest BCUT2D eigenvalue weighted by atomic mass is 10.1. The molecule has 0 saturated heterocycles. The highest BCUT2D eigenvalue weighted by Crippen LogP contribution is 2.17. The fourth-order valence-electron chi connectivity index (χ4n) is 0.831. The van der Waals surface area contributed by atoms with E-state index in [1.807, 2.05) is 19.9 Å². The second kappa shape index (κ2) is 2.89. The van der Waals surface area contributed by atoms with Gasteiger partial charge in [0.05, 0.1) is 5.60 Å². The Kier molecular flexibility index (Phi) is 2.86. The molecule has 60 valence electrons. The minimum atomic E-state index is -1.38. The van der Waals surface area contributed by atoms with E-state index in [0.29, 0.717) is 0 Å². The van der Waals surface area contributed by atoms with Crippen LogP contribution in [0.2, 0.25) is 19.6 Å². The average Bonchev–Trinajstić information content (AvgIpc) is 1.60. The lowest BCUT2D eigenvalue weighted by Crippen LogP contribution is -2.36. The summed E-state index contributed by atoms with van der Waals surface area (Å²) in [4.78, 5) is 0. The summed E-state index contributed by atoms with van der Waals surface area (Å²) >= 11 is 0. The summed E-state index contributed by atoms with van der Waals surface area (Å²) in [7, 11) is -1.38. The van der Waals surface area contributed by atoms with Crippen LogP contribution in [0.15, 0.2) is 12.7 Å². The number of hydrogen-bond donors (Lipinski definition) is 0. The van der Waals surface area contributed by atoms with E-state index in [1.165, 1.54) is 0 Å². The van der Waals surface area contributed by atoms with Crippen molar-refractivity contribution in [2.75, 3.05) is 0 Å². The van der Waals surface area contributed by atoms with Crippen molar-refractivity contribution in [3.05, 3.63) is 12.7 Å². The van der Waals surface area contributed by atoms with Crippen LogP contribution >= 0.6 is 0 Å². The topological polar surface area (TPSA) is 9.23 Å². The zero-order valence-electron chi connectivity index (χ0n) is 7.69. The molecule has 0 rings (SSSR count). The molecule has 0 aromatic heterocycles. The minimum absolute atomic E-state index is 0.148. The van der Waals surface area contributed by atoms with Gasteiger partial charge in [-0.15, -0.1) is 6.58 Å². The summed E-state index contributed by atoms with van der Waals surface area (Å²) in [5, 5.41) is 0. The van der Waals surface area contributed by atoms with Gasteiger partial charge in [0, 0.05) is 0 Å². The molecule has 10 heavy (non-hydrogen) atoms. The molecule has 0 aromatic carbocycles. The maximum Gasteiger partial charge on any atom is 0.184 e. The summed E-state index contributed by atoms with van der Waals surface area (Å²) in [6.45, 7) is 14.3. The summed E-state index contributed by atoms with van der Waals surface area (Å²) in [6.07, 6.45) is 1.85. The first kappa shape index (κ1) is 9.92. The molecule has 0 unspecified atom stereocenters. The van der Waals surface area contributed by atoms with Gasteiger partial charge in [-0.2, -0.15) is 0 Å². The van der Waals surface area contributed by atoms with E-state index >= 15 is 0 Å². The quantitative estimate of drug-likeness (QED) is 0.453. The second-order valence-corrected chi connectivity index (χ2v) is 8.45. The summed E-state index contributed by atoms with van der Waals surface area (Å²) in [5.41, 5.74) is -0.148. The van der Waals surface area contributed by atoms with Crippen molar-refractivity contribution in [1.29, 1.82) is 0 Å². The normalized spacial score (nSPS) is 13.3. The van der Waals surface area contributed by atoms with Gasteiger partial charge in [-0.1, -0.05) is 6.08 Å². The van der Waals surface area contributed by atoms with Gasteiger partial charge in [-0.3, -0.25) is 0 Å². The molecule has 1 nitrogen and oxygen atoms in total. The molecule has 0 N–H and O–H groups in total. The summed E-state index contributed by atoms with van der Waals surface area (Å²) in [5.74, 6) is 0. The zero-order chi connectivity index (χ0) is 8.41. The van der Waals surface area contributed by atoms with Crippen LogP contribution in [0.5, 0.6) is 0 Å². The third kappa shape index (κ3) is 4.76. The molecule has 0 bridgehead atoms. The highest BCUT2D eigenvalue weighted by Gasteiger charge is 2.23.